The van der Waals surface area contributed by atoms with Crippen molar-refractivity contribution in [3.63, 3.8) is 0 Å². The Bertz CT molecular complexity index is 987. The van der Waals surface area contributed by atoms with E-state index in [-0.39, 0.29) is 0 Å². The van der Waals surface area contributed by atoms with Crippen LogP contribution in [0.3, 0.4) is 0 Å². The molecule has 2 aromatic carbocycles. The maximum atomic E-state index is 12.7. The summed E-state index contributed by atoms with van der Waals surface area (Å²) in [5.74, 6) is 0.301. The van der Waals surface area contributed by atoms with E-state index in [1.54, 1.807) is 0 Å². The molecule has 8 heteroatoms. The van der Waals surface area contributed by atoms with Gasteiger partial charge >= 0.3 is 6.03 Å². The largest absolute Gasteiger partial charge is 0.341 e. The van der Waals surface area contributed by atoms with Crippen molar-refractivity contribution in [1.82, 2.24) is 25.4 Å². The second-order valence-electron chi connectivity index (χ2n) is 6.16. The highest BCUT2D eigenvalue weighted by molar-refractivity contribution is 8.00. The Morgan fingerprint density at radius 2 is 1.71 bits per heavy atom. The van der Waals surface area contributed by atoms with Crippen molar-refractivity contribution in [2.24, 2.45) is 7.05 Å². The van der Waals surface area contributed by atoms with Crippen molar-refractivity contribution in [2.45, 2.75) is 17.3 Å². The molecule has 0 saturated carbocycles. The number of carbonyl (C=O) groups excluding carboxylic acids is 2. The first-order valence-corrected chi connectivity index (χ1v) is 9.58. The van der Waals surface area contributed by atoms with Gasteiger partial charge in [-0.1, -0.05) is 66.4 Å². The number of thioether (sulfide) groups is 1. The number of amides is 3. The first-order valence-electron chi connectivity index (χ1n) is 8.71. The number of rotatable bonds is 5. The van der Waals surface area contributed by atoms with Crippen molar-refractivity contribution in [3.05, 3.63) is 65.7 Å². The molecule has 0 radical (unpaired) electrons. The summed E-state index contributed by atoms with van der Waals surface area (Å²) < 4.78 is 1.86. The van der Waals surface area contributed by atoms with E-state index in [9.17, 15) is 9.59 Å². The molecule has 144 valence electrons. The van der Waals surface area contributed by atoms with Crippen molar-refractivity contribution < 1.29 is 9.59 Å². The van der Waals surface area contributed by atoms with Crippen molar-refractivity contribution in [1.29, 1.82) is 0 Å². The average molecular weight is 395 g/mol. The lowest BCUT2D eigenvalue weighted by atomic mass is 10.1. The summed E-state index contributed by atoms with van der Waals surface area (Å²) in [6.07, 6.45) is 0. The fraction of sp³-hybridized carbons (Fsp3) is 0.200. The van der Waals surface area contributed by atoms with Gasteiger partial charge in [-0.05, 0) is 18.1 Å². The third kappa shape index (κ3) is 4.23. The molecule has 0 saturated heterocycles. The molecular formula is C20H21N5O2S. The zero-order chi connectivity index (χ0) is 20.1. The van der Waals surface area contributed by atoms with Crippen LogP contribution in [0, 0.1) is 6.92 Å². The van der Waals surface area contributed by atoms with Gasteiger partial charge in [0, 0.05) is 19.7 Å². The molecule has 7 nitrogen and oxygen atoms in total. The van der Waals surface area contributed by atoms with E-state index in [4.69, 9.17) is 0 Å². The van der Waals surface area contributed by atoms with E-state index in [0.717, 1.165) is 22.5 Å². The molecule has 0 spiro atoms. The van der Waals surface area contributed by atoms with Gasteiger partial charge in [-0.3, -0.25) is 10.1 Å². The van der Waals surface area contributed by atoms with Gasteiger partial charge in [0.15, 0.2) is 11.0 Å². The van der Waals surface area contributed by atoms with Crippen LogP contribution in [0.5, 0.6) is 0 Å². The first-order chi connectivity index (χ1) is 13.5. The number of benzene rings is 2. The van der Waals surface area contributed by atoms with E-state index < -0.39 is 17.2 Å². The Morgan fingerprint density at radius 1 is 1.04 bits per heavy atom. The van der Waals surface area contributed by atoms with Crippen LogP contribution in [0.2, 0.25) is 0 Å². The first kappa shape index (κ1) is 19.6. The summed E-state index contributed by atoms with van der Waals surface area (Å²) >= 11 is 1.25. The van der Waals surface area contributed by atoms with Gasteiger partial charge in [0.05, 0.1) is 0 Å². The minimum atomic E-state index is -0.647. The zero-order valence-electron chi connectivity index (χ0n) is 15.8. The van der Waals surface area contributed by atoms with Crippen LogP contribution < -0.4 is 10.6 Å². The highest BCUT2D eigenvalue weighted by Gasteiger charge is 2.26. The number of nitrogens with zero attached hydrogens (tertiary/aromatic N) is 3. The second-order valence-corrected chi connectivity index (χ2v) is 7.23. The molecular weight excluding hydrogens is 374 g/mol. The number of aryl methyl sites for hydroxylation is 1. The van der Waals surface area contributed by atoms with Gasteiger partial charge in [0.25, 0.3) is 0 Å². The molecule has 1 aromatic heterocycles. The highest BCUT2D eigenvalue weighted by Crippen LogP contribution is 2.35. The standard InChI is InChI=1S/C20H21N5O2S/c1-13-9-7-8-12-15(13)17-23-24-20(25(17)3)28-16(14-10-5-4-6-11-14)18(26)22-19(27)21-2/h4-12,16H,1-3H3,(H2,21,22,26,27). The van der Waals surface area contributed by atoms with Crippen LogP contribution >= 0.6 is 11.8 Å². The Balaban J connectivity index is 1.92. The lowest BCUT2D eigenvalue weighted by Crippen LogP contribution is -2.39. The average Bonchev–Trinajstić information content (AvgIpc) is 3.07. The Hall–Kier alpha value is -3.13. The zero-order valence-corrected chi connectivity index (χ0v) is 16.7. The SMILES string of the molecule is CNC(=O)NC(=O)C(Sc1nnc(-c2ccccc2C)n1C)c1ccccc1. The molecule has 0 fully saturated rings. The van der Waals surface area contributed by atoms with Crippen molar-refractivity contribution >= 4 is 23.7 Å². The van der Waals surface area contributed by atoms with Gasteiger partial charge in [0.2, 0.25) is 5.91 Å². The maximum absolute atomic E-state index is 12.7. The summed E-state index contributed by atoms with van der Waals surface area (Å²) in [5, 5.41) is 13.3. The number of carbonyl (C=O) groups is 2. The fourth-order valence-electron chi connectivity index (χ4n) is 2.72. The number of nitrogens with one attached hydrogen (secondary N) is 2. The monoisotopic (exact) mass is 395 g/mol. The van der Waals surface area contributed by atoms with Gasteiger partial charge in [0.1, 0.15) is 5.25 Å². The maximum Gasteiger partial charge on any atom is 0.321 e. The van der Waals surface area contributed by atoms with Gasteiger partial charge in [-0.15, -0.1) is 10.2 Å². The fourth-order valence-corrected chi connectivity index (χ4v) is 3.72. The van der Waals surface area contributed by atoms with E-state index >= 15 is 0 Å². The van der Waals surface area contributed by atoms with Gasteiger partial charge in [-0.2, -0.15) is 0 Å². The lowest BCUT2D eigenvalue weighted by Gasteiger charge is -2.16. The molecule has 3 aromatic rings. The van der Waals surface area contributed by atoms with E-state index in [2.05, 4.69) is 20.8 Å². The summed E-state index contributed by atoms with van der Waals surface area (Å²) in [6, 6.07) is 16.6. The van der Waals surface area contributed by atoms with Gasteiger partial charge < -0.3 is 9.88 Å². The topological polar surface area (TPSA) is 88.9 Å². The van der Waals surface area contributed by atoms with E-state index in [0.29, 0.717) is 5.16 Å². The predicted octanol–water partition coefficient (Wildman–Crippen LogP) is 3.08. The summed E-state index contributed by atoms with van der Waals surface area (Å²) in [6.45, 7) is 2.01. The second kappa shape index (κ2) is 8.71. The third-order valence-electron chi connectivity index (χ3n) is 4.25. The minimum absolute atomic E-state index is 0.420. The van der Waals surface area contributed by atoms with Crippen LogP contribution in [0.4, 0.5) is 4.79 Å². The smallest absolute Gasteiger partial charge is 0.321 e. The minimum Gasteiger partial charge on any atom is -0.341 e. The molecule has 0 bridgehead atoms. The van der Waals surface area contributed by atoms with Crippen molar-refractivity contribution in [3.8, 4) is 11.4 Å². The molecule has 1 atom stereocenters. The third-order valence-corrected chi connectivity index (χ3v) is 5.54. The van der Waals surface area contributed by atoms with Crippen LogP contribution in [-0.4, -0.2) is 33.8 Å². The normalized spacial score (nSPS) is 11.7. The molecule has 0 aliphatic carbocycles. The van der Waals surface area contributed by atoms with Crippen LogP contribution in [-0.2, 0) is 11.8 Å². The molecule has 28 heavy (non-hydrogen) atoms. The number of imide groups is 1. The molecule has 0 aliphatic heterocycles. The number of urea groups is 1. The van der Waals surface area contributed by atoms with Crippen LogP contribution in [0.1, 0.15) is 16.4 Å². The van der Waals surface area contributed by atoms with E-state index in [1.165, 1.54) is 18.8 Å². The molecule has 1 unspecified atom stereocenters. The van der Waals surface area contributed by atoms with Crippen LogP contribution in [0.15, 0.2) is 59.8 Å². The highest BCUT2D eigenvalue weighted by atomic mass is 32.2. The van der Waals surface area contributed by atoms with Gasteiger partial charge in [-0.25, -0.2) is 4.79 Å². The number of aromatic nitrogens is 3. The molecule has 3 amide bonds. The predicted molar refractivity (Wildman–Crippen MR) is 109 cm³/mol. The van der Waals surface area contributed by atoms with Crippen LogP contribution in [0.25, 0.3) is 11.4 Å². The Morgan fingerprint density at radius 3 is 2.39 bits per heavy atom. The summed E-state index contributed by atoms with van der Waals surface area (Å²) in [5.41, 5.74) is 2.84. The Labute approximate surface area is 167 Å². The molecule has 3 rings (SSSR count). The van der Waals surface area contributed by atoms with Crippen molar-refractivity contribution in [2.75, 3.05) is 7.05 Å². The number of hydrogen-bond acceptors (Lipinski definition) is 5. The quantitative estimate of drug-likeness (QED) is 0.648. The summed E-state index contributed by atoms with van der Waals surface area (Å²) in [7, 11) is 3.33. The molecule has 0 aliphatic rings. The Kier molecular flexibility index (Phi) is 6.10. The molecule has 1 heterocycles. The molecule has 2 N–H and O–H groups in total. The van der Waals surface area contributed by atoms with E-state index in [1.807, 2.05) is 73.1 Å². The summed E-state index contributed by atoms with van der Waals surface area (Å²) in [4.78, 5) is 24.3. The lowest BCUT2D eigenvalue weighted by molar-refractivity contribution is -0.119. The number of hydrogen-bond donors (Lipinski definition) is 2.